The lowest BCUT2D eigenvalue weighted by Gasteiger charge is -2.43. The Kier molecular flexibility index (Phi) is 12.2. The van der Waals surface area contributed by atoms with Crippen LogP contribution in [0.5, 0.6) is 0 Å². The predicted octanol–water partition coefficient (Wildman–Crippen LogP) is 7.55. The minimum absolute atomic E-state index is 0. The molecule has 4 aromatic rings. The first-order valence-electron chi connectivity index (χ1n) is 15.7. The fourth-order valence-electron chi connectivity index (χ4n) is 7.88. The van der Waals surface area contributed by atoms with Crippen LogP contribution in [0.1, 0.15) is 76.5 Å². The highest BCUT2D eigenvalue weighted by molar-refractivity contribution is 6.31. The summed E-state index contributed by atoms with van der Waals surface area (Å²) < 4.78 is 6.01. The van der Waals surface area contributed by atoms with Gasteiger partial charge in [-0.15, -0.1) is 37.2 Å². The summed E-state index contributed by atoms with van der Waals surface area (Å²) in [6.07, 6.45) is 4.18. The van der Waals surface area contributed by atoms with Gasteiger partial charge < -0.3 is 20.7 Å². The van der Waals surface area contributed by atoms with Crippen molar-refractivity contribution in [2.75, 3.05) is 18.0 Å². The fourth-order valence-corrected chi connectivity index (χ4v) is 8.12. The van der Waals surface area contributed by atoms with E-state index in [1.54, 1.807) is 6.33 Å². The molecule has 14 heteroatoms. The van der Waals surface area contributed by atoms with Crippen LogP contribution in [-0.4, -0.2) is 40.0 Å². The SMILES string of the molecule is C[C@@H]1C[C@@H](OC(=O)c2ccc([N+](=O)[O-])cc2)c2ncnc(N3c4ccc(Cl)c(CN)c4C4(CCNCC4)[C@H]3Cc3ccccc3)c21.Cl.Cl.Cl. The second-order valence-electron chi connectivity index (χ2n) is 12.4. The van der Waals surface area contributed by atoms with Crippen molar-refractivity contribution in [1.29, 1.82) is 0 Å². The van der Waals surface area contributed by atoms with Gasteiger partial charge in [0.2, 0.25) is 0 Å². The molecule has 3 N–H and O–H groups in total. The maximum atomic E-state index is 13.2. The van der Waals surface area contributed by atoms with Crippen LogP contribution < -0.4 is 16.0 Å². The molecule has 0 amide bonds. The number of anilines is 2. The zero-order valence-corrected chi connectivity index (χ0v) is 29.9. The largest absolute Gasteiger partial charge is 0.452 e. The van der Waals surface area contributed by atoms with Gasteiger partial charge in [-0.2, -0.15) is 0 Å². The molecule has 0 saturated carbocycles. The molecule has 260 valence electrons. The summed E-state index contributed by atoms with van der Waals surface area (Å²) in [6.45, 7) is 4.21. The van der Waals surface area contributed by atoms with Gasteiger partial charge >= 0.3 is 5.97 Å². The van der Waals surface area contributed by atoms with Crippen LogP contribution >= 0.6 is 48.8 Å². The molecule has 7 rings (SSSR count). The Bertz CT molecular complexity index is 1810. The normalized spacial score (nSPS) is 19.9. The van der Waals surface area contributed by atoms with Gasteiger partial charge in [0.1, 0.15) is 18.2 Å². The van der Waals surface area contributed by atoms with E-state index >= 15 is 0 Å². The number of piperidine rings is 1. The number of nitro groups is 1. The van der Waals surface area contributed by atoms with Gasteiger partial charge in [0, 0.05) is 46.4 Å². The number of aromatic nitrogens is 2. The van der Waals surface area contributed by atoms with Gasteiger partial charge in [-0.3, -0.25) is 10.1 Å². The second kappa shape index (κ2) is 15.6. The molecule has 3 atom stereocenters. The molecule has 3 heterocycles. The molecule has 2 aliphatic heterocycles. The number of nitro benzene ring substituents is 1. The van der Waals surface area contributed by atoms with Crippen molar-refractivity contribution in [1.82, 2.24) is 15.3 Å². The van der Waals surface area contributed by atoms with Gasteiger partial charge in [0.25, 0.3) is 5.69 Å². The number of nitrogens with one attached hydrogen (secondary N) is 1. The Morgan fingerprint density at radius 1 is 1.06 bits per heavy atom. The Labute approximate surface area is 308 Å². The quantitative estimate of drug-likeness (QED) is 0.112. The smallest absolute Gasteiger partial charge is 0.338 e. The van der Waals surface area contributed by atoms with E-state index in [1.165, 1.54) is 35.4 Å². The number of hydrogen-bond acceptors (Lipinski definition) is 9. The summed E-state index contributed by atoms with van der Waals surface area (Å²) in [5.41, 5.74) is 12.5. The zero-order chi connectivity index (χ0) is 32.0. The number of nitrogens with two attached hydrogens (primary N) is 1. The number of benzene rings is 3. The highest BCUT2D eigenvalue weighted by Gasteiger charge is 2.54. The van der Waals surface area contributed by atoms with Gasteiger partial charge in [-0.05, 0) is 85.6 Å². The molecular weight excluding hydrogens is 710 g/mol. The Morgan fingerprint density at radius 3 is 2.41 bits per heavy atom. The predicted molar refractivity (Wildman–Crippen MR) is 197 cm³/mol. The maximum Gasteiger partial charge on any atom is 0.338 e. The van der Waals surface area contributed by atoms with Crippen LogP contribution in [0.4, 0.5) is 17.2 Å². The summed E-state index contributed by atoms with van der Waals surface area (Å²) in [5, 5.41) is 15.3. The second-order valence-corrected chi connectivity index (χ2v) is 12.8. The van der Waals surface area contributed by atoms with Gasteiger partial charge in [-0.1, -0.05) is 48.9 Å². The topological polar surface area (TPSA) is 137 Å². The minimum Gasteiger partial charge on any atom is -0.452 e. The summed E-state index contributed by atoms with van der Waals surface area (Å²) in [6, 6.07) is 20.1. The summed E-state index contributed by atoms with van der Waals surface area (Å²) in [7, 11) is 0. The molecule has 1 spiro atoms. The molecule has 1 aromatic heterocycles. The average Bonchev–Trinajstić information content (AvgIpc) is 3.52. The van der Waals surface area contributed by atoms with Crippen molar-refractivity contribution >= 4 is 72.0 Å². The van der Waals surface area contributed by atoms with Crippen LogP contribution in [0.15, 0.2) is 73.1 Å². The third-order valence-electron chi connectivity index (χ3n) is 9.96. The first kappa shape index (κ1) is 38.3. The van der Waals surface area contributed by atoms with Gasteiger partial charge in [-0.25, -0.2) is 14.8 Å². The number of rotatable bonds is 7. The van der Waals surface area contributed by atoms with E-state index in [9.17, 15) is 14.9 Å². The summed E-state index contributed by atoms with van der Waals surface area (Å²) in [4.78, 5) is 35.8. The molecule has 1 saturated heterocycles. The van der Waals surface area contributed by atoms with Crippen molar-refractivity contribution < 1.29 is 14.5 Å². The van der Waals surface area contributed by atoms with Crippen LogP contribution in [-0.2, 0) is 23.1 Å². The lowest BCUT2D eigenvalue weighted by molar-refractivity contribution is -0.384. The highest BCUT2D eigenvalue weighted by Crippen LogP contribution is 2.58. The number of ether oxygens (including phenoxy) is 1. The van der Waals surface area contributed by atoms with E-state index in [4.69, 9.17) is 27.1 Å². The third kappa shape index (κ3) is 6.70. The van der Waals surface area contributed by atoms with Gasteiger partial charge in [0.05, 0.1) is 16.2 Å². The third-order valence-corrected chi connectivity index (χ3v) is 10.3. The first-order valence-corrected chi connectivity index (χ1v) is 16.1. The molecule has 1 aliphatic carbocycles. The highest BCUT2D eigenvalue weighted by atomic mass is 35.5. The van der Waals surface area contributed by atoms with Gasteiger partial charge in [0.15, 0.2) is 0 Å². The number of nitrogens with zero attached hydrogens (tertiary/aromatic N) is 4. The molecule has 0 bridgehead atoms. The van der Waals surface area contributed by atoms with E-state index in [0.29, 0.717) is 23.7 Å². The number of halogens is 4. The first-order chi connectivity index (χ1) is 22.3. The summed E-state index contributed by atoms with van der Waals surface area (Å²) >= 11 is 6.85. The molecule has 3 aliphatic rings. The average molecular weight is 749 g/mol. The van der Waals surface area contributed by atoms with E-state index in [1.807, 2.05) is 12.1 Å². The minimum atomic E-state index is -0.582. The number of fused-ring (bicyclic) bond motifs is 3. The molecule has 10 nitrogen and oxygen atoms in total. The summed E-state index contributed by atoms with van der Waals surface area (Å²) in [5.74, 6) is 0.270. The standard InChI is InChI=1S/C35H35ClN6O4.3ClH/c1-21-17-28(46-34(43)23-7-9-24(10-8-23)42(44)45)32-30(21)33(40-20-39-32)41-27-12-11-26(36)25(19-37)31(27)35(13-15-38-16-14-35)29(41)18-22-5-3-2-4-6-22;;;/h2-12,20-21,28-29,38H,13-19,37H2,1H3;3*1H/t21-,28-,29-;;;/m1.../s1. The van der Waals surface area contributed by atoms with Crippen molar-refractivity contribution in [2.24, 2.45) is 5.73 Å². The van der Waals surface area contributed by atoms with Crippen molar-refractivity contribution in [3.63, 3.8) is 0 Å². The molecule has 0 radical (unpaired) electrons. The van der Waals surface area contributed by atoms with Crippen LogP contribution in [0.2, 0.25) is 5.02 Å². The van der Waals surface area contributed by atoms with E-state index < -0.39 is 17.0 Å². The molecule has 0 unspecified atom stereocenters. The Balaban J connectivity index is 0.00000180. The van der Waals surface area contributed by atoms with Crippen molar-refractivity contribution in [2.45, 2.75) is 62.6 Å². The lowest BCUT2D eigenvalue weighted by atomic mass is 9.67. The maximum absolute atomic E-state index is 13.2. The lowest BCUT2D eigenvalue weighted by Crippen LogP contribution is -2.51. The monoisotopic (exact) mass is 746 g/mol. The Hall–Kier alpha value is -3.51. The van der Waals surface area contributed by atoms with Crippen molar-refractivity contribution in [3.05, 3.63) is 122 Å². The number of esters is 1. The zero-order valence-electron chi connectivity index (χ0n) is 26.7. The van der Waals surface area contributed by atoms with Crippen LogP contribution in [0, 0.1) is 10.1 Å². The molecular formula is C35H38Cl4N6O4. The number of non-ortho nitro benzene ring substituents is 1. The van der Waals surface area contributed by atoms with E-state index in [2.05, 4.69) is 52.5 Å². The number of hydrogen-bond donors (Lipinski definition) is 2. The fraction of sp³-hybridized carbons (Fsp3) is 0.343. The van der Waals surface area contributed by atoms with Crippen LogP contribution in [0.3, 0.4) is 0 Å². The number of carbonyl (C=O) groups excluding carboxylic acids is 1. The van der Waals surface area contributed by atoms with E-state index in [-0.39, 0.29) is 65.8 Å². The molecule has 49 heavy (non-hydrogen) atoms. The molecule has 3 aromatic carbocycles. The number of carbonyl (C=O) groups is 1. The molecule has 1 fully saturated rings. The van der Waals surface area contributed by atoms with Crippen molar-refractivity contribution in [3.8, 4) is 0 Å². The Morgan fingerprint density at radius 2 is 1.76 bits per heavy atom. The van der Waals surface area contributed by atoms with Crippen LogP contribution in [0.25, 0.3) is 0 Å². The van der Waals surface area contributed by atoms with E-state index in [0.717, 1.165) is 55.0 Å².